The van der Waals surface area contributed by atoms with Crippen molar-refractivity contribution in [1.82, 2.24) is 0 Å². The largest absolute Gasteiger partial charge is 0.481 e. The summed E-state index contributed by atoms with van der Waals surface area (Å²) in [5.74, 6) is -0.833. The van der Waals surface area contributed by atoms with Crippen LogP contribution in [0.5, 0.6) is 0 Å². The summed E-state index contributed by atoms with van der Waals surface area (Å²) in [6.07, 6.45) is 3.54. The molecule has 0 aliphatic carbocycles. The molecule has 0 saturated carbocycles. The van der Waals surface area contributed by atoms with Crippen LogP contribution >= 0.6 is 0 Å². The van der Waals surface area contributed by atoms with Gasteiger partial charge in [-0.1, -0.05) is 6.08 Å². The lowest BCUT2D eigenvalue weighted by Gasteiger charge is -2.17. The van der Waals surface area contributed by atoms with E-state index in [1.54, 1.807) is 13.0 Å². The summed E-state index contributed by atoms with van der Waals surface area (Å²) in [6.45, 7) is 10.6. The van der Waals surface area contributed by atoms with Crippen molar-refractivity contribution in [1.29, 1.82) is 0 Å². The molecule has 1 aliphatic rings. The maximum absolute atomic E-state index is 9.60. The monoisotopic (exact) mass is 230 g/mol. The third-order valence-corrected chi connectivity index (χ3v) is 2.52. The molecule has 4 heteroatoms. The number of carbonyl (C=O) groups is 1. The van der Waals surface area contributed by atoms with Gasteiger partial charge in [0.05, 0.1) is 17.3 Å². The number of carboxylic acids is 1. The van der Waals surface area contributed by atoms with Crippen LogP contribution < -0.4 is 0 Å². The van der Waals surface area contributed by atoms with Crippen molar-refractivity contribution >= 4 is 5.97 Å². The number of aliphatic carboxylic acids is 1. The molecule has 1 aliphatic heterocycles. The molecule has 1 rings (SSSR count). The van der Waals surface area contributed by atoms with Gasteiger partial charge < -0.3 is 14.9 Å². The Hall–Kier alpha value is -0.870. The topological polar surface area (TPSA) is 70.1 Å². The van der Waals surface area contributed by atoms with Gasteiger partial charge in [0.1, 0.15) is 0 Å². The molecule has 2 unspecified atom stereocenters. The minimum Gasteiger partial charge on any atom is -0.481 e. The van der Waals surface area contributed by atoms with Crippen LogP contribution in [0.3, 0.4) is 0 Å². The molecule has 0 spiro atoms. The number of hydrogen-bond donors (Lipinski definition) is 2. The van der Waals surface area contributed by atoms with Gasteiger partial charge in [0, 0.05) is 6.92 Å². The number of rotatable bonds is 4. The van der Waals surface area contributed by atoms with E-state index in [1.807, 2.05) is 0 Å². The van der Waals surface area contributed by atoms with E-state index >= 15 is 0 Å². The fourth-order valence-electron chi connectivity index (χ4n) is 1.26. The molecule has 1 fully saturated rings. The van der Waals surface area contributed by atoms with Crippen molar-refractivity contribution in [3.05, 3.63) is 12.7 Å². The van der Waals surface area contributed by atoms with Gasteiger partial charge in [-0.05, 0) is 33.6 Å². The quantitative estimate of drug-likeness (QED) is 0.572. The Morgan fingerprint density at radius 1 is 1.62 bits per heavy atom. The van der Waals surface area contributed by atoms with Gasteiger partial charge in [-0.15, -0.1) is 6.58 Å². The summed E-state index contributed by atoms with van der Waals surface area (Å²) >= 11 is 0. The highest BCUT2D eigenvalue weighted by molar-refractivity contribution is 5.62. The van der Waals surface area contributed by atoms with E-state index in [9.17, 15) is 5.11 Å². The molecule has 1 saturated heterocycles. The lowest BCUT2D eigenvalue weighted by Crippen LogP contribution is -2.21. The van der Waals surface area contributed by atoms with Crippen molar-refractivity contribution in [2.75, 3.05) is 0 Å². The zero-order valence-electron chi connectivity index (χ0n) is 10.5. The maximum atomic E-state index is 9.60. The summed E-state index contributed by atoms with van der Waals surface area (Å²) in [6, 6.07) is 0. The Bertz CT molecular complexity index is 252. The molecular formula is C12H22O4. The van der Waals surface area contributed by atoms with Crippen LogP contribution in [-0.4, -0.2) is 33.5 Å². The molecule has 0 aromatic rings. The first-order valence-electron chi connectivity index (χ1n) is 5.34. The van der Waals surface area contributed by atoms with Gasteiger partial charge in [-0.2, -0.15) is 0 Å². The Morgan fingerprint density at radius 3 is 2.25 bits per heavy atom. The molecule has 0 aromatic heterocycles. The minimum atomic E-state index is -0.833. The summed E-state index contributed by atoms with van der Waals surface area (Å²) in [5.41, 5.74) is -0.695. The maximum Gasteiger partial charge on any atom is 0.300 e. The second-order valence-corrected chi connectivity index (χ2v) is 4.83. The fraction of sp³-hybridized carbons (Fsp3) is 0.750. The lowest BCUT2D eigenvalue weighted by atomic mass is 9.96. The first kappa shape index (κ1) is 15.1. The van der Waals surface area contributed by atoms with Crippen molar-refractivity contribution in [3.63, 3.8) is 0 Å². The molecule has 4 nitrogen and oxygen atoms in total. The standard InChI is InChI=1S/C10H18O2.C2H4O2/c1-5-10(4,11)7-6-8-9(2,3)12-8;1-2(3)4/h5,8,11H,1,6-7H2,2-4H3;1H3,(H,3,4). The second-order valence-electron chi connectivity index (χ2n) is 4.83. The van der Waals surface area contributed by atoms with Crippen molar-refractivity contribution < 1.29 is 19.7 Å². The van der Waals surface area contributed by atoms with Gasteiger partial charge in [-0.25, -0.2) is 0 Å². The Balaban J connectivity index is 0.000000487. The molecule has 0 bridgehead atoms. The van der Waals surface area contributed by atoms with Crippen LogP contribution in [0.4, 0.5) is 0 Å². The molecule has 0 amide bonds. The second kappa shape index (κ2) is 5.46. The van der Waals surface area contributed by atoms with Crippen LogP contribution in [0.25, 0.3) is 0 Å². The van der Waals surface area contributed by atoms with Crippen molar-refractivity contribution in [2.45, 2.75) is 57.8 Å². The average Bonchev–Trinajstić information content (AvgIpc) is 2.70. The summed E-state index contributed by atoms with van der Waals surface area (Å²) in [5, 5.41) is 17.0. The highest BCUT2D eigenvalue weighted by Gasteiger charge is 2.47. The minimum absolute atomic E-state index is 0.0389. The normalized spacial score (nSPS) is 24.7. The van der Waals surface area contributed by atoms with Crippen molar-refractivity contribution in [2.24, 2.45) is 0 Å². The predicted molar refractivity (Wildman–Crippen MR) is 62.3 cm³/mol. The van der Waals surface area contributed by atoms with E-state index < -0.39 is 11.6 Å². The third kappa shape index (κ3) is 6.58. The third-order valence-electron chi connectivity index (χ3n) is 2.52. The van der Waals surface area contributed by atoms with Gasteiger partial charge in [0.2, 0.25) is 0 Å². The van der Waals surface area contributed by atoms with E-state index in [0.717, 1.165) is 19.8 Å². The Labute approximate surface area is 96.9 Å². The van der Waals surface area contributed by atoms with E-state index in [4.69, 9.17) is 14.6 Å². The molecule has 16 heavy (non-hydrogen) atoms. The smallest absolute Gasteiger partial charge is 0.300 e. The fourth-order valence-corrected chi connectivity index (χ4v) is 1.26. The van der Waals surface area contributed by atoms with Gasteiger partial charge in [-0.3, -0.25) is 4.79 Å². The molecule has 94 valence electrons. The zero-order chi connectivity index (χ0) is 13.0. The SMILES string of the molecule is C=CC(C)(O)CCC1OC1(C)C.CC(=O)O. The van der Waals surface area contributed by atoms with Crippen LogP contribution in [0.15, 0.2) is 12.7 Å². The van der Waals surface area contributed by atoms with E-state index in [2.05, 4.69) is 20.4 Å². The summed E-state index contributed by atoms with van der Waals surface area (Å²) in [4.78, 5) is 9.00. The number of aliphatic hydroxyl groups is 1. The van der Waals surface area contributed by atoms with Gasteiger partial charge in [0.15, 0.2) is 0 Å². The van der Waals surface area contributed by atoms with E-state index in [1.165, 1.54) is 0 Å². The van der Waals surface area contributed by atoms with Crippen LogP contribution in [0.1, 0.15) is 40.5 Å². The van der Waals surface area contributed by atoms with E-state index in [-0.39, 0.29) is 5.60 Å². The molecule has 0 radical (unpaired) electrons. The average molecular weight is 230 g/mol. The number of carboxylic acid groups (broad SMARTS) is 1. The molecule has 1 heterocycles. The van der Waals surface area contributed by atoms with Crippen LogP contribution in [0.2, 0.25) is 0 Å². The number of ether oxygens (including phenoxy) is 1. The Kier molecular flexibility index (Phi) is 5.16. The van der Waals surface area contributed by atoms with Crippen molar-refractivity contribution in [3.8, 4) is 0 Å². The van der Waals surface area contributed by atoms with Gasteiger partial charge >= 0.3 is 0 Å². The van der Waals surface area contributed by atoms with Crippen LogP contribution in [0, 0.1) is 0 Å². The summed E-state index contributed by atoms with van der Waals surface area (Å²) in [7, 11) is 0. The predicted octanol–water partition coefficient (Wildman–Crippen LogP) is 1.97. The molecular weight excluding hydrogens is 208 g/mol. The zero-order valence-corrected chi connectivity index (χ0v) is 10.5. The molecule has 2 atom stereocenters. The highest BCUT2D eigenvalue weighted by atomic mass is 16.6. The first-order valence-corrected chi connectivity index (χ1v) is 5.34. The van der Waals surface area contributed by atoms with Crippen LogP contribution in [-0.2, 0) is 9.53 Å². The lowest BCUT2D eigenvalue weighted by molar-refractivity contribution is -0.134. The summed E-state index contributed by atoms with van der Waals surface area (Å²) < 4.78 is 5.40. The first-order chi connectivity index (χ1) is 7.10. The molecule has 2 N–H and O–H groups in total. The molecule has 0 aromatic carbocycles. The Morgan fingerprint density at radius 2 is 2.00 bits per heavy atom. The van der Waals surface area contributed by atoms with E-state index in [0.29, 0.717) is 6.10 Å². The van der Waals surface area contributed by atoms with Gasteiger partial charge in [0.25, 0.3) is 5.97 Å². The highest BCUT2D eigenvalue weighted by Crippen LogP contribution is 2.39. The number of epoxide rings is 1. The number of hydrogen-bond acceptors (Lipinski definition) is 3.